The number of aliphatic hydroxyl groups excluding tert-OH is 1. The van der Waals surface area contributed by atoms with Crippen LogP contribution in [0.25, 0.3) is 10.7 Å². The number of primary amides is 2. The maximum absolute atomic E-state index is 14.6. The summed E-state index contributed by atoms with van der Waals surface area (Å²) < 4.78 is 12.3. The lowest BCUT2D eigenvalue weighted by Crippen LogP contribution is -2.57. The van der Waals surface area contributed by atoms with E-state index in [1.54, 1.807) is 35.7 Å². The summed E-state index contributed by atoms with van der Waals surface area (Å²) in [6.45, 7) is 7.62. The maximum atomic E-state index is 14.6. The van der Waals surface area contributed by atoms with Crippen LogP contribution in [0.2, 0.25) is 0 Å². The van der Waals surface area contributed by atoms with Crippen LogP contribution in [0.4, 0.5) is 5.82 Å². The average Bonchev–Trinajstić information content (AvgIpc) is 3.95. The second-order valence-corrected chi connectivity index (χ2v) is 23.6. The van der Waals surface area contributed by atoms with Gasteiger partial charge in [-0.25, -0.2) is 24.9 Å². The molecule has 20 N–H and O–H groups in total. The zero-order chi connectivity index (χ0) is 61.8. The van der Waals surface area contributed by atoms with Gasteiger partial charge < -0.3 is 81.3 Å². The summed E-state index contributed by atoms with van der Waals surface area (Å²) in [4.78, 5) is 118. The molecule has 464 valence electrons. The first-order valence-corrected chi connectivity index (χ1v) is 31.4. The van der Waals surface area contributed by atoms with Gasteiger partial charge in [0.25, 0.3) is 11.8 Å². The van der Waals surface area contributed by atoms with Crippen LogP contribution < -0.4 is 71.2 Å². The number of hydrogen-bond donors (Lipinski definition) is 15. The fourth-order valence-corrected chi connectivity index (χ4v) is 10.7. The number of rotatable bonds is 40. The molecule has 0 aliphatic heterocycles. The van der Waals surface area contributed by atoms with E-state index in [0.717, 1.165) is 51.9 Å². The number of unbranched alkanes of at least 4 members (excludes halogenated alkanes) is 1. The number of aromatic nitrogens is 6. The van der Waals surface area contributed by atoms with Crippen LogP contribution in [0.15, 0.2) is 53.6 Å². The summed E-state index contributed by atoms with van der Waals surface area (Å²) in [5.74, 6) is -6.31. The number of anilines is 1. The van der Waals surface area contributed by atoms with E-state index in [2.05, 4.69) is 72.4 Å². The van der Waals surface area contributed by atoms with Crippen molar-refractivity contribution < 1.29 is 42.9 Å². The lowest BCUT2D eigenvalue weighted by Gasteiger charge is -2.31. The van der Waals surface area contributed by atoms with Crippen molar-refractivity contribution in [3.05, 3.63) is 92.7 Å². The number of imidazole rings is 1. The molecule has 28 nitrogen and oxygen atoms in total. The SMILES string of the molecule is Cc1c(N)nc([C@H](CC(N)=O)NC[C@H](N)C(N)=O)nc1C(=O)N[C@@H](Cc1cnc[nH]1)C(=O)N[C@H](Cc1ccccc1)[C@@H](O)[C@H](C)C(=O)N[C@@H](CCS(C)=O)C(=O)NCCc1nc(-c2nc(C(=O)NCCCNCCCCNCCCN)cs2)cs1. The fraction of sp³-hybridized carbons (Fsp3) is 0.519. The number of nitrogens with two attached hydrogens (primary N) is 5. The van der Waals surface area contributed by atoms with Gasteiger partial charge in [-0.1, -0.05) is 37.3 Å². The number of aromatic amines is 1. The molecule has 0 bridgehead atoms. The Labute approximate surface area is 503 Å². The van der Waals surface area contributed by atoms with E-state index in [4.69, 9.17) is 28.7 Å². The third-order valence-electron chi connectivity index (χ3n) is 13.5. The summed E-state index contributed by atoms with van der Waals surface area (Å²) >= 11 is 2.65. The molecule has 7 amide bonds. The smallest absolute Gasteiger partial charge is 0.271 e. The molecule has 4 heterocycles. The number of thiazole rings is 2. The Morgan fingerprint density at radius 2 is 1.51 bits per heavy atom. The van der Waals surface area contributed by atoms with Gasteiger partial charge in [-0.15, -0.1) is 22.7 Å². The molecule has 0 saturated carbocycles. The zero-order valence-electron chi connectivity index (χ0n) is 48.0. The second kappa shape index (κ2) is 35.9. The summed E-state index contributed by atoms with van der Waals surface area (Å²) in [5, 5.41) is 40.5. The topological polar surface area (TPSA) is 463 Å². The van der Waals surface area contributed by atoms with E-state index in [-0.39, 0.29) is 73.3 Å². The molecule has 0 aliphatic carbocycles. The number of carbonyl (C=O) groups is 7. The first kappa shape index (κ1) is 68.5. The van der Waals surface area contributed by atoms with Crippen LogP contribution in [0.3, 0.4) is 0 Å². The van der Waals surface area contributed by atoms with E-state index in [1.807, 2.05) is 5.38 Å². The van der Waals surface area contributed by atoms with Crippen LogP contribution in [-0.4, -0.2) is 175 Å². The molecule has 31 heteroatoms. The third kappa shape index (κ3) is 23.3. The Bertz CT molecular complexity index is 2970. The Balaban J connectivity index is 1.21. The first-order chi connectivity index (χ1) is 40.7. The van der Waals surface area contributed by atoms with Gasteiger partial charge in [0.1, 0.15) is 45.8 Å². The van der Waals surface area contributed by atoms with E-state index < -0.39 is 88.5 Å². The van der Waals surface area contributed by atoms with Gasteiger partial charge in [0.15, 0.2) is 0 Å². The van der Waals surface area contributed by atoms with Crippen LogP contribution in [-0.2, 0) is 54.0 Å². The molecular formula is C54H81N19O9S3. The van der Waals surface area contributed by atoms with Crippen molar-refractivity contribution in [1.82, 2.24) is 72.4 Å². The zero-order valence-corrected chi connectivity index (χ0v) is 50.5. The number of H-pyrrole nitrogens is 1. The van der Waals surface area contributed by atoms with Crippen LogP contribution >= 0.6 is 22.7 Å². The molecule has 0 spiro atoms. The standard InChI is InChI=1S/C54H81N19O9S3/c1-31-44(72-48(73-46(31)58)38(25-42(57)74)65-27-35(56)47(59)76)53(81)70-39(24-34-26-62-30-66-34)52(80)69-37(23-33-11-5-4-6-12-33)45(75)32(2)49(77)68-36(14-22-85(3)82)50(78)64-21-13-43-67-41(29-83-43)54-71-40(28-84-54)51(79)63-20-10-19-61-17-8-7-16-60-18-9-15-55/h4-6,11-12,26,28-30,32,35-39,45,60-61,65,75H,7-10,13-25,27,55-56H2,1-3H3,(H2,57,74)(H2,59,76)(H,62,66)(H,63,79)(H,64,78)(H,68,77)(H,69,80)(H,70,81)(H2,58,72,73)/t32-,35-,36-,37+,38-,39-,45-,85?/m0/s1. The van der Waals surface area contributed by atoms with Gasteiger partial charge in [-0.05, 0) is 83.7 Å². The molecule has 5 rings (SSSR count). The minimum atomic E-state index is -1.59. The number of nitrogens with one attached hydrogen (secondary N) is 9. The van der Waals surface area contributed by atoms with Crippen molar-refractivity contribution in [3.8, 4) is 10.7 Å². The van der Waals surface area contributed by atoms with E-state index in [0.29, 0.717) is 52.2 Å². The van der Waals surface area contributed by atoms with Crippen molar-refractivity contribution in [1.29, 1.82) is 0 Å². The molecule has 1 unspecified atom stereocenters. The Morgan fingerprint density at radius 1 is 0.788 bits per heavy atom. The van der Waals surface area contributed by atoms with Crippen LogP contribution in [0, 0.1) is 12.8 Å². The van der Waals surface area contributed by atoms with E-state index in [9.17, 15) is 42.9 Å². The van der Waals surface area contributed by atoms with Crippen molar-refractivity contribution in [2.75, 3.05) is 70.1 Å². The predicted molar refractivity (Wildman–Crippen MR) is 325 cm³/mol. The Kier molecular flexibility index (Phi) is 29.0. The molecule has 0 radical (unpaired) electrons. The Morgan fingerprint density at radius 3 is 2.18 bits per heavy atom. The van der Waals surface area contributed by atoms with Gasteiger partial charge in [0, 0.05) is 89.9 Å². The van der Waals surface area contributed by atoms with Crippen molar-refractivity contribution in [2.45, 2.75) is 108 Å². The van der Waals surface area contributed by atoms with Gasteiger partial charge in [0.05, 0.1) is 41.5 Å². The summed E-state index contributed by atoms with van der Waals surface area (Å²) in [6, 6.07) is 2.92. The molecule has 5 aromatic rings. The number of nitrogen functional groups attached to an aromatic ring is 1. The molecular weight excluding hydrogens is 1150 g/mol. The van der Waals surface area contributed by atoms with Crippen LogP contribution in [0.5, 0.6) is 0 Å². The van der Waals surface area contributed by atoms with E-state index in [1.165, 1.54) is 55.3 Å². The van der Waals surface area contributed by atoms with Gasteiger partial charge in [0.2, 0.25) is 29.5 Å². The minimum absolute atomic E-state index is 0.000264. The van der Waals surface area contributed by atoms with Crippen molar-refractivity contribution in [3.63, 3.8) is 0 Å². The molecule has 0 aliphatic rings. The summed E-state index contributed by atoms with van der Waals surface area (Å²) in [7, 11) is -1.34. The monoisotopic (exact) mass is 1240 g/mol. The van der Waals surface area contributed by atoms with Gasteiger partial charge in [-0.3, -0.25) is 37.8 Å². The number of amides is 7. The Hall–Kier alpha value is -7.23. The third-order valence-corrected chi connectivity index (χ3v) is 16.0. The number of carbonyl (C=O) groups excluding carboxylic acids is 7. The molecule has 4 aromatic heterocycles. The molecule has 0 saturated heterocycles. The lowest BCUT2D eigenvalue weighted by atomic mass is 9.91. The first-order valence-electron chi connectivity index (χ1n) is 27.9. The summed E-state index contributed by atoms with van der Waals surface area (Å²) in [6.07, 6.45) is 6.41. The van der Waals surface area contributed by atoms with Crippen molar-refractivity contribution in [2.24, 2.45) is 28.9 Å². The maximum Gasteiger partial charge on any atom is 0.271 e. The molecule has 1 aromatic carbocycles. The van der Waals surface area contributed by atoms with Gasteiger partial charge in [-0.2, -0.15) is 0 Å². The highest BCUT2D eigenvalue weighted by molar-refractivity contribution is 7.84. The predicted octanol–water partition coefficient (Wildman–Crippen LogP) is -1.90. The number of hydrogen-bond acceptors (Lipinski definition) is 22. The van der Waals surface area contributed by atoms with E-state index >= 15 is 0 Å². The number of benzene rings is 1. The molecule has 85 heavy (non-hydrogen) atoms. The minimum Gasteiger partial charge on any atom is -0.390 e. The molecule has 0 fully saturated rings. The normalized spacial score (nSPS) is 14.2. The fourth-order valence-electron chi connectivity index (χ4n) is 8.49. The largest absolute Gasteiger partial charge is 0.390 e. The quantitative estimate of drug-likeness (QED) is 0.0190. The highest BCUT2D eigenvalue weighted by atomic mass is 32.2. The second-order valence-electron chi connectivity index (χ2n) is 20.3. The number of aliphatic hydroxyl groups is 1. The highest BCUT2D eigenvalue weighted by Crippen LogP contribution is 2.26. The van der Waals surface area contributed by atoms with Crippen molar-refractivity contribution >= 4 is 80.6 Å². The molecule has 8 atom stereocenters. The average molecular weight is 1240 g/mol. The highest BCUT2D eigenvalue weighted by Gasteiger charge is 2.36. The number of nitrogens with zero attached hydrogens (tertiary/aromatic N) is 5. The summed E-state index contributed by atoms with van der Waals surface area (Å²) in [5.41, 5.74) is 30.2. The van der Waals surface area contributed by atoms with Gasteiger partial charge >= 0.3 is 0 Å². The van der Waals surface area contributed by atoms with Crippen LogP contribution in [0.1, 0.15) is 100 Å². The lowest BCUT2D eigenvalue weighted by molar-refractivity contribution is -0.134.